The predicted octanol–water partition coefficient (Wildman–Crippen LogP) is 3.15. The molecule has 0 N–H and O–H groups in total. The van der Waals surface area contributed by atoms with Crippen molar-refractivity contribution < 1.29 is 25.8 Å². The molecule has 2 fully saturated rings. The first-order chi connectivity index (χ1) is 5.00. The number of hydrogen-bond donors (Lipinski definition) is 0. The third-order valence-electron chi connectivity index (χ3n) is 1.76. The Labute approximate surface area is 113 Å². The van der Waals surface area contributed by atoms with Crippen molar-refractivity contribution in [3.8, 4) is 0 Å². The minimum Gasteiger partial charge on any atom is -0.662 e. The van der Waals surface area contributed by atoms with Crippen molar-refractivity contribution in [1.82, 2.24) is 0 Å². The first-order valence-corrected chi connectivity index (χ1v) is 4.26. The van der Waals surface area contributed by atoms with Gasteiger partial charge in [0, 0.05) is 25.8 Å². The van der Waals surface area contributed by atoms with E-state index in [1.165, 1.54) is 25.7 Å². The van der Waals surface area contributed by atoms with E-state index in [1.807, 2.05) is 0 Å². The molecule has 5 heteroatoms. The fourth-order valence-corrected chi connectivity index (χ4v) is 1.12. The molecule has 0 aromatic heterocycles. The summed E-state index contributed by atoms with van der Waals surface area (Å²) < 4.78 is 0. The number of nitrogens with zero attached hydrogens (tertiary/aromatic N) is 2. The van der Waals surface area contributed by atoms with E-state index < -0.39 is 0 Å². The van der Waals surface area contributed by atoms with Crippen molar-refractivity contribution in [2.45, 2.75) is 25.7 Å². The molecule has 0 spiro atoms. The summed E-state index contributed by atoms with van der Waals surface area (Å²) in [6.45, 7) is 4.50. The van der Waals surface area contributed by atoms with E-state index in [-0.39, 0.29) is 50.7 Å². The summed E-state index contributed by atoms with van der Waals surface area (Å²) in [5, 5.41) is 8.17. The average molecular weight is 392 g/mol. The summed E-state index contributed by atoms with van der Waals surface area (Å²) in [4.78, 5) is 0. The van der Waals surface area contributed by atoms with Crippen LogP contribution >= 0.6 is 24.8 Å². The van der Waals surface area contributed by atoms with Gasteiger partial charge in [0.2, 0.25) is 0 Å². The van der Waals surface area contributed by atoms with E-state index in [0.717, 1.165) is 26.2 Å². The summed E-state index contributed by atoms with van der Waals surface area (Å²) in [5.41, 5.74) is 0. The van der Waals surface area contributed by atoms with Crippen molar-refractivity contribution in [2.75, 3.05) is 26.2 Å². The Morgan fingerprint density at radius 1 is 0.538 bits per heavy atom. The van der Waals surface area contributed by atoms with Gasteiger partial charge in [-0.05, 0) is 0 Å². The first-order valence-electron chi connectivity index (χ1n) is 4.26. The van der Waals surface area contributed by atoms with Gasteiger partial charge in [0.1, 0.15) is 0 Å². The van der Waals surface area contributed by atoms with Gasteiger partial charge in [-0.1, -0.05) is 25.7 Å². The number of rotatable bonds is 0. The summed E-state index contributed by atoms with van der Waals surface area (Å²) in [7, 11) is 0. The maximum atomic E-state index is 4.08. The summed E-state index contributed by atoms with van der Waals surface area (Å²) in [6.07, 6.45) is 5.33. The van der Waals surface area contributed by atoms with Gasteiger partial charge in [-0.15, -0.1) is 51.0 Å². The van der Waals surface area contributed by atoms with Gasteiger partial charge in [0.25, 0.3) is 0 Å². The molecule has 0 aliphatic carbocycles. The molecule has 0 unspecified atom stereocenters. The van der Waals surface area contributed by atoms with Crippen molar-refractivity contribution >= 4 is 24.8 Å². The zero-order valence-electron chi connectivity index (χ0n) is 7.87. The zero-order chi connectivity index (χ0) is 7.07. The minimum absolute atomic E-state index is 0. The Hall–Kier alpha value is 1.37. The normalized spacial score (nSPS) is 18.5. The topological polar surface area (TPSA) is 28.2 Å². The van der Waals surface area contributed by atoms with Crippen LogP contribution in [0.5, 0.6) is 0 Å². The maximum Gasteiger partial charge on any atom is 0 e. The quantitative estimate of drug-likeness (QED) is 0.568. The van der Waals surface area contributed by atoms with Crippen LogP contribution in [0.25, 0.3) is 10.6 Å². The molecule has 0 bridgehead atoms. The molecule has 0 amide bonds. The number of hydrogen-bond acceptors (Lipinski definition) is 0. The Bertz CT molecular complexity index is 53.3. The van der Waals surface area contributed by atoms with Crippen molar-refractivity contribution in [3.63, 3.8) is 0 Å². The fourth-order valence-electron chi connectivity index (χ4n) is 1.12. The van der Waals surface area contributed by atoms with E-state index in [0.29, 0.717) is 0 Å². The SMILES string of the molecule is C1CC[N-]C1.C1CC[N-]C1.Cl.Cl.[Hf]. The molecule has 2 heterocycles. The second-order valence-corrected chi connectivity index (χ2v) is 2.76. The molecule has 2 rings (SSSR count). The number of halogens is 2. The minimum atomic E-state index is 0. The molecule has 2 nitrogen and oxygen atoms in total. The first kappa shape index (κ1) is 19.9. The molecule has 0 aromatic rings. The fraction of sp³-hybridized carbons (Fsp3) is 1.00. The molecule has 2 aliphatic heterocycles. The zero-order valence-corrected chi connectivity index (χ0v) is 13.1. The van der Waals surface area contributed by atoms with Crippen LogP contribution in [0.2, 0.25) is 0 Å². The van der Waals surface area contributed by atoms with Crippen LogP contribution in [0, 0.1) is 0 Å². The summed E-state index contributed by atoms with van der Waals surface area (Å²) >= 11 is 0. The van der Waals surface area contributed by atoms with Gasteiger partial charge in [-0.2, -0.15) is 0 Å². The summed E-state index contributed by atoms with van der Waals surface area (Å²) in [6, 6.07) is 0. The van der Waals surface area contributed by atoms with Gasteiger partial charge in [-0.25, -0.2) is 0 Å². The Morgan fingerprint density at radius 2 is 0.769 bits per heavy atom. The van der Waals surface area contributed by atoms with Crippen molar-refractivity contribution in [3.05, 3.63) is 10.6 Å². The van der Waals surface area contributed by atoms with Crippen LogP contribution in [0.4, 0.5) is 0 Å². The molecule has 2 saturated heterocycles. The second kappa shape index (κ2) is 15.8. The second-order valence-electron chi connectivity index (χ2n) is 2.76. The molecule has 0 atom stereocenters. The average Bonchev–Trinajstić information content (AvgIpc) is 2.67. The summed E-state index contributed by atoms with van der Waals surface area (Å²) in [5.74, 6) is 0. The smallest absolute Gasteiger partial charge is 0 e. The van der Waals surface area contributed by atoms with Crippen LogP contribution in [0.3, 0.4) is 0 Å². The van der Waals surface area contributed by atoms with Gasteiger partial charge in [-0.3, -0.25) is 0 Å². The van der Waals surface area contributed by atoms with Crippen LogP contribution in [-0.2, 0) is 25.8 Å². The molecular weight excluding hydrogens is 373 g/mol. The van der Waals surface area contributed by atoms with E-state index in [9.17, 15) is 0 Å². The molecule has 0 saturated carbocycles. The van der Waals surface area contributed by atoms with Crippen LogP contribution < -0.4 is 0 Å². The van der Waals surface area contributed by atoms with Crippen molar-refractivity contribution in [2.24, 2.45) is 0 Å². The predicted molar refractivity (Wildman–Crippen MR) is 59.2 cm³/mol. The molecule has 80 valence electrons. The largest absolute Gasteiger partial charge is 0.662 e. The van der Waals surface area contributed by atoms with Gasteiger partial charge >= 0.3 is 0 Å². The molecule has 13 heavy (non-hydrogen) atoms. The van der Waals surface area contributed by atoms with Gasteiger partial charge < -0.3 is 10.6 Å². The Kier molecular flexibility index (Phi) is 24.2. The van der Waals surface area contributed by atoms with Crippen molar-refractivity contribution in [1.29, 1.82) is 0 Å². The van der Waals surface area contributed by atoms with Crippen LogP contribution in [-0.4, -0.2) is 26.2 Å². The standard InChI is InChI=1S/2C4H8N.2ClH.Hf/c2*1-2-4-5-3-1;;;/h2*1-4H2;2*1H;/q2*-1;;;. The van der Waals surface area contributed by atoms with E-state index in [2.05, 4.69) is 10.6 Å². The molecular formula is C8H18Cl2HfN2-2. The Balaban J connectivity index is -0.000000125. The third kappa shape index (κ3) is 13.4. The Morgan fingerprint density at radius 3 is 0.846 bits per heavy atom. The van der Waals surface area contributed by atoms with Gasteiger partial charge in [0.05, 0.1) is 0 Å². The van der Waals surface area contributed by atoms with E-state index >= 15 is 0 Å². The maximum absolute atomic E-state index is 4.08. The van der Waals surface area contributed by atoms with E-state index in [4.69, 9.17) is 0 Å². The van der Waals surface area contributed by atoms with Gasteiger partial charge in [0.15, 0.2) is 0 Å². The third-order valence-corrected chi connectivity index (χ3v) is 1.76. The monoisotopic (exact) mass is 392 g/mol. The van der Waals surface area contributed by atoms with Crippen LogP contribution in [0.15, 0.2) is 0 Å². The van der Waals surface area contributed by atoms with Crippen LogP contribution in [0.1, 0.15) is 25.7 Å². The molecule has 0 radical (unpaired) electrons. The molecule has 2 aliphatic rings. The molecule has 0 aromatic carbocycles. The van der Waals surface area contributed by atoms with E-state index in [1.54, 1.807) is 0 Å².